The van der Waals surface area contributed by atoms with Crippen LogP contribution in [0, 0.1) is 0 Å². The van der Waals surface area contributed by atoms with Crippen molar-refractivity contribution in [3.8, 4) is 0 Å². The maximum absolute atomic E-state index is 3.38. The molecule has 0 saturated heterocycles. The van der Waals surface area contributed by atoms with Gasteiger partial charge in [-0.05, 0) is 0 Å². The molecule has 58 valence electrons. The summed E-state index contributed by atoms with van der Waals surface area (Å²) in [5, 5.41) is 3.38. The van der Waals surface area contributed by atoms with Crippen LogP contribution >= 0.6 is 0 Å². The first kappa shape index (κ1) is 8.31. The first-order chi connectivity index (χ1) is 5.08. The maximum atomic E-state index is 3.38. The van der Waals surface area contributed by atoms with E-state index in [0.717, 1.165) is 0 Å². The van der Waals surface area contributed by atoms with Crippen LogP contribution in [0.1, 0.15) is 20.8 Å². The Hall–Kier alpha value is -0.785. The topological polar surface area (TPSA) is 12.0 Å². The van der Waals surface area contributed by atoms with E-state index in [1.807, 2.05) is 18.1 Å². The predicted octanol–water partition coefficient (Wildman–Crippen LogP) is 2.24. The zero-order chi connectivity index (χ0) is 8.32. The van der Waals surface area contributed by atoms with Crippen LogP contribution in [0.25, 0.3) is 0 Å². The van der Waals surface area contributed by atoms with Crippen LogP contribution in [0.4, 0.5) is 5.58 Å². The molecule has 0 atom stereocenters. The van der Waals surface area contributed by atoms with Crippen LogP contribution in [-0.4, -0.2) is 12.4 Å². The van der Waals surface area contributed by atoms with Crippen molar-refractivity contribution in [2.24, 2.45) is 0 Å². The summed E-state index contributed by atoms with van der Waals surface area (Å²) in [6.07, 6.45) is 0. The fourth-order valence-corrected chi connectivity index (χ4v) is 0.954. The van der Waals surface area contributed by atoms with Crippen LogP contribution in [0.15, 0.2) is 24.2 Å². The first-order valence-corrected chi connectivity index (χ1v) is 3.91. The molecule has 0 radical (unpaired) electrons. The molecule has 1 aromatic heterocycles. The molecule has 0 saturated carbocycles. The van der Waals surface area contributed by atoms with Gasteiger partial charge in [0.25, 0.3) is 0 Å². The average molecular weight is 147 g/mol. The third-order valence-electron chi connectivity index (χ3n) is 1.29. The summed E-state index contributed by atoms with van der Waals surface area (Å²) in [7, 11) is 0. The molecule has 0 unspecified atom stereocenters. The summed E-state index contributed by atoms with van der Waals surface area (Å²) in [4.78, 5) is 0. The van der Waals surface area contributed by atoms with E-state index >= 15 is 0 Å². The standard InChI is InChI=1S/C9H14BN/c1-9(2,3)11-8-6-4-5-7-10-8/h4-7,11H,1-3H3. The van der Waals surface area contributed by atoms with Crippen molar-refractivity contribution >= 4 is 12.5 Å². The van der Waals surface area contributed by atoms with Crippen LogP contribution in [-0.2, 0) is 0 Å². The summed E-state index contributed by atoms with van der Waals surface area (Å²) < 4.78 is 0. The molecule has 0 fully saturated rings. The predicted molar refractivity (Wildman–Crippen MR) is 51.2 cm³/mol. The van der Waals surface area contributed by atoms with E-state index in [1.54, 1.807) is 0 Å². The molecular formula is C9H14BN. The van der Waals surface area contributed by atoms with Gasteiger partial charge >= 0.3 is 68.3 Å². The molecule has 0 aromatic carbocycles. The summed E-state index contributed by atoms with van der Waals surface area (Å²) in [5.41, 5.74) is 1.33. The minimum absolute atomic E-state index is 0.154. The van der Waals surface area contributed by atoms with E-state index in [9.17, 15) is 0 Å². The fraction of sp³-hybridized carbons (Fsp3) is 0.444. The van der Waals surface area contributed by atoms with Gasteiger partial charge in [0.2, 0.25) is 0 Å². The second kappa shape index (κ2) is 3.08. The van der Waals surface area contributed by atoms with Gasteiger partial charge < -0.3 is 0 Å². The first-order valence-electron chi connectivity index (χ1n) is 3.91. The molecular weight excluding hydrogens is 133 g/mol. The van der Waals surface area contributed by atoms with Crippen LogP contribution in [0.5, 0.6) is 0 Å². The third-order valence-corrected chi connectivity index (χ3v) is 1.29. The van der Waals surface area contributed by atoms with Gasteiger partial charge in [0.1, 0.15) is 0 Å². The molecule has 0 bridgehead atoms. The van der Waals surface area contributed by atoms with E-state index in [1.165, 1.54) is 5.58 Å². The number of anilines is 1. The van der Waals surface area contributed by atoms with Crippen LogP contribution in [0.2, 0.25) is 0 Å². The molecule has 1 nitrogen and oxygen atoms in total. The third kappa shape index (κ3) is 3.21. The van der Waals surface area contributed by atoms with Crippen molar-refractivity contribution in [1.29, 1.82) is 0 Å². The van der Waals surface area contributed by atoms with Gasteiger partial charge in [-0.25, -0.2) is 0 Å². The summed E-state index contributed by atoms with van der Waals surface area (Å²) in [6.45, 7) is 8.53. The minimum atomic E-state index is 0.154. The average Bonchev–Trinajstić information content (AvgIpc) is 1.85. The van der Waals surface area contributed by atoms with E-state index in [0.29, 0.717) is 0 Å². The monoisotopic (exact) mass is 147 g/mol. The number of hydrogen-bond acceptors (Lipinski definition) is 1. The molecule has 11 heavy (non-hydrogen) atoms. The van der Waals surface area contributed by atoms with Crippen LogP contribution in [0.3, 0.4) is 0 Å². The van der Waals surface area contributed by atoms with E-state index in [2.05, 4.69) is 39.1 Å². The van der Waals surface area contributed by atoms with E-state index in [-0.39, 0.29) is 5.54 Å². The van der Waals surface area contributed by atoms with Gasteiger partial charge in [-0.15, -0.1) is 0 Å². The van der Waals surface area contributed by atoms with E-state index in [4.69, 9.17) is 0 Å². The fourth-order valence-electron chi connectivity index (χ4n) is 0.954. The van der Waals surface area contributed by atoms with Crippen molar-refractivity contribution < 1.29 is 0 Å². The molecule has 0 spiro atoms. The number of nitrogens with one attached hydrogen (secondary N) is 1. The Bertz CT molecular complexity index is 213. The van der Waals surface area contributed by atoms with Gasteiger partial charge in [0.05, 0.1) is 0 Å². The SMILES string of the molecule is CC(C)(C)Nc1bcccc1. The Kier molecular flexibility index (Phi) is 2.33. The summed E-state index contributed by atoms with van der Waals surface area (Å²) in [6, 6.07) is 6.13. The van der Waals surface area contributed by atoms with Gasteiger partial charge in [-0.3, -0.25) is 0 Å². The quantitative estimate of drug-likeness (QED) is 0.642. The molecule has 1 N–H and O–H groups in total. The molecule has 2 heteroatoms. The number of rotatable bonds is 1. The summed E-state index contributed by atoms with van der Waals surface area (Å²) in [5.74, 6) is 2.04. The Morgan fingerprint density at radius 1 is 1.27 bits per heavy atom. The molecule has 0 aliphatic carbocycles. The second-order valence-corrected chi connectivity index (χ2v) is 3.74. The second-order valence-electron chi connectivity index (χ2n) is 3.74. The Morgan fingerprint density at radius 2 is 2.00 bits per heavy atom. The van der Waals surface area contributed by atoms with Crippen molar-refractivity contribution in [2.75, 3.05) is 5.32 Å². The molecule has 1 rings (SSSR count). The van der Waals surface area contributed by atoms with Crippen molar-refractivity contribution in [3.05, 3.63) is 24.2 Å². The Balaban J connectivity index is 2.66. The van der Waals surface area contributed by atoms with E-state index < -0.39 is 0 Å². The van der Waals surface area contributed by atoms with Crippen LogP contribution < -0.4 is 5.32 Å². The zero-order valence-corrected chi connectivity index (χ0v) is 7.39. The Labute approximate surface area is 69.0 Å². The van der Waals surface area contributed by atoms with Gasteiger partial charge in [0.15, 0.2) is 0 Å². The van der Waals surface area contributed by atoms with Gasteiger partial charge in [0, 0.05) is 0 Å². The molecule has 1 aromatic rings. The zero-order valence-electron chi connectivity index (χ0n) is 7.39. The molecule has 0 aliphatic rings. The molecule has 1 heterocycles. The van der Waals surface area contributed by atoms with Crippen molar-refractivity contribution in [1.82, 2.24) is 0 Å². The molecule has 0 aliphatic heterocycles. The van der Waals surface area contributed by atoms with Gasteiger partial charge in [-0.2, -0.15) is 0 Å². The molecule has 0 amide bonds. The number of hydrogen-bond donors (Lipinski definition) is 1. The summed E-state index contributed by atoms with van der Waals surface area (Å²) >= 11 is 0. The Morgan fingerprint density at radius 3 is 2.45 bits per heavy atom. The van der Waals surface area contributed by atoms with Gasteiger partial charge in [-0.1, -0.05) is 0 Å². The normalized spacial score (nSPS) is 10.8. The van der Waals surface area contributed by atoms with Crippen molar-refractivity contribution in [2.45, 2.75) is 26.3 Å². The van der Waals surface area contributed by atoms with Crippen molar-refractivity contribution in [3.63, 3.8) is 0 Å².